The highest BCUT2D eigenvalue weighted by atomic mass is 16.5. The highest BCUT2D eigenvalue weighted by Crippen LogP contribution is 2.39. The maximum Gasteiger partial charge on any atom is 0.266 e. The van der Waals surface area contributed by atoms with Gasteiger partial charge in [0.25, 0.3) is 11.8 Å². The monoisotopic (exact) mass is 457 g/mol. The number of amides is 2. The average molecular weight is 458 g/mol. The molecule has 0 fully saturated rings. The molecule has 1 heterocycles. The number of imide groups is 1. The zero-order valence-corrected chi connectivity index (χ0v) is 20.2. The van der Waals surface area contributed by atoms with E-state index in [4.69, 9.17) is 9.47 Å². The topological polar surface area (TPSA) is 55.8 Å². The van der Waals surface area contributed by atoms with Gasteiger partial charge in [-0.25, -0.2) is 4.90 Å². The van der Waals surface area contributed by atoms with E-state index in [0.29, 0.717) is 30.9 Å². The van der Waals surface area contributed by atoms with Gasteiger partial charge in [-0.2, -0.15) is 0 Å². The summed E-state index contributed by atoms with van der Waals surface area (Å²) >= 11 is 0. The molecule has 0 unspecified atom stereocenters. The molecule has 0 atom stereocenters. The first-order chi connectivity index (χ1) is 16.4. The molecule has 0 saturated heterocycles. The maximum atomic E-state index is 13.5. The van der Waals surface area contributed by atoms with E-state index >= 15 is 0 Å². The largest absolute Gasteiger partial charge is 0.491 e. The summed E-state index contributed by atoms with van der Waals surface area (Å²) in [6.45, 7) is 9.52. The predicted molar refractivity (Wildman–Crippen MR) is 134 cm³/mol. The molecule has 1 aliphatic heterocycles. The second-order valence-electron chi connectivity index (χ2n) is 9.13. The quantitative estimate of drug-likeness (QED) is 0.278. The Bertz CT molecular complexity index is 1160. The first-order valence-corrected chi connectivity index (χ1v) is 11.8. The van der Waals surface area contributed by atoms with Crippen LogP contribution in [0, 0.1) is 0 Å². The van der Waals surface area contributed by atoms with Crippen molar-refractivity contribution in [2.45, 2.75) is 46.1 Å². The van der Waals surface area contributed by atoms with Crippen molar-refractivity contribution in [3.8, 4) is 5.75 Å². The van der Waals surface area contributed by atoms with Crippen LogP contribution in [0.1, 0.15) is 76.9 Å². The number of fused-ring (bicyclic) bond motifs is 1. The molecule has 0 aromatic heterocycles. The van der Waals surface area contributed by atoms with E-state index in [1.165, 1.54) is 4.90 Å². The molecule has 0 bridgehead atoms. The summed E-state index contributed by atoms with van der Waals surface area (Å²) in [5.41, 5.74) is 4.46. The lowest BCUT2D eigenvalue weighted by molar-refractivity contribution is 0.0887. The van der Waals surface area contributed by atoms with E-state index in [9.17, 15) is 9.59 Å². The summed E-state index contributed by atoms with van der Waals surface area (Å²) in [5.74, 6) is 0.624. The molecule has 3 aromatic rings. The van der Waals surface area contributed by atoms with Crippen molar-refractivity contribution in [3.05, 3.63) is 94.5 Å². The summed E-state index contributed by atoms with van der Waals surface area (Å²) in [7, 11) is 0. The van der Waals surface area contributed by atoms with Crippen molar-refractivity contribution >= 4 is 17.5 Å². The Kier molecular flexibility index (Phi) is 7.13. The van der Waals surface area contributed by atoms with Crippen molar-refractivity contribution in [1.82, 2.24) is 0 Å². The lowest BCUT2D eigenvalue weighted by Crippen LogP contribution is -2.31. The van der Waals surface area contributed by atoms with Gasteiger partial charge in [0.1, 0.15) is 12.4 Å². The minimum atomic E-state index is -0.274. The smallest absolute Gasteiger partial charge is 0.266 e. The van der Waals surface area contributed by atoms with E-state index in [1.54, 1.807) is 12.1 Å². The Hall–Kier alpha value is -3.44. The summed E-state index contributed by atoms with van der Waals surface area (Å²) < 4.78 is 11.4. The number of carbonyl (C=O) groups is 2. The number of benzene rings is 3. The molecule has 0 radical (unpaired) electrons. The van der Waals surface area contributed by atoms with Gasteiger partial charge < -0.3 is 9.47 Å². The van der Waals surface area contributed by atoms with E-state index < -0.39 is 0 Å². The standard InChI is InChI=1S/C29H31NO4/c1-19(2)23-11-8-12-24(20(3)4)27(23)30-28(31)25-14-13-21(17-26(25)29(30)32)18-33-15-16-34-22-9-6-5-7-10-22/h5-14,17,19-20H,15-16,18H2,1-4H3. The Balaban J connectivity index is 1.50. The molecule has 0 spiro atoms. The van der Waals surface area contributed by atoms with Gasteiger partial charge in [-0.3, -0.25) is 9.59 Å². The second kappa shape index (κ2) is 10.2. The van der Waals surface area contributed by atoms with E-state index in [-0.39, 0.29) is 23.7 Å². The Morgan fingerprint density at radius 3 is 2.03 bits per heavy atom. The molecule has 4 rings (SSSR count). The molecule has 34 heavy (non-hydrogen) atoms. The molecule has 5 heteroatoms. The normalized spacial score (nSPS) is 13.2. The van der Waals surface area contributed by atoms with Crippen molar-refractivity contribution in [3.63, 3.8) is 0 Å². The molecule has 2 amide bonds. The van der Waals surface area contributed by atoms with Crippen LogP contribution in [-0.4, -0.2) is 25.0 Å². The van der Waals surface area contributed by atoms with Crippen LogP contribution in [0.2, 0.25) is 0 Å². The van der Waals surface area contributed by atoms with Gasteiger partial charge in [-0.05, 0) is 52.8 Å². The Morgan fingerprint density at radius 1 is 0.735 bits per heavy atom. The van der Waals surface area contributed by atoms with Gasteiger partial charge >= 0.3 is 0 Å². The average Bonchev–Trinajstić information content (AvgIpc) is 3.08. The van der Waals surface area contributed by atoms with E-state index in [2.05, 4.69) is 27.7 Å². The van der Waals surface area contributed by atoms with Gasteiger partial charge in [0, 0.05) is 0 Å². The minimum absolute atomic E-state index is 0.181. The number of carbonyl (C=O) groups excluding carboxylic acids is 2. The third-order valence-electron chi connectivity index (χ3n) is 6.03. The van der Waals surface area contributed by atoms with Crippen LogP contribution in [0.3, 0.4) is 0 Å². The van der Waals surface area contributed by atoms with Gasteiger partial charge in [0.15, 0.2) is 0 Å². The number of anilines is 1. The molecule has 3 aromatic carbocycles. The van der Waals surface area contributed by atoms with Gasteiger partial charge in [0.2, 0.25) is 0 Å². The number of hydrogen-bond acceptors (Lipinski definition) is 4. The molecule has 0 N–H and O–H groups in total. The fourth-order valence-corrected chi connectivity index (χ4v) is 4.28. The van der Waals surface area contributed by atoms with Crippen molar-refractivity contribution < 1.29 is 19.1 Å². The maximum absolute atomic E-state index is 13.5. The molecule has 1 aliphatic rings. The minimum Gasteiger partial charge on any atom is -0.491 e. The SMILES string of the molecule is CC(C)c1cccc(C(C)C)c1N1C(=O)c2ccc(COCCOc3ccccc3)cc2C1=O. The van der Waals surface area contributed by atoms with Crippen molar-refractivity contribution in [1.29, 1.82) is 0 Å². The van der Waals surface area contributed by atoms with Crippen LogP contribution in [-0.2, 0) is 11.3 Å². The zero-order chi connectivity index (χ0) is 24.2. The Labute approximate surface area is 201 Å². The molecule has 176 valence electrons. The summed E-state index contributed by atoms with van der Waals surface area (Å²) in [6, 6.07) is 21.0. The summed E-state index contributed by atoms with van der Waals surface area (Å²) in [6.07, 6.45) is 0. The van der Waals surface area contributed by atoms with Crippen LogP contribution in [0.4, 0.5) is 5.69 Å². The molecule has 0 saturated carbocycles. The third-order valence-corrected chi connectivity index (χ3v) is 6.03. The predicted octanol–water partition coefficient (Wildman–Crippen LogP) is 6.33. The highest BCUT2D eigenvalue weighted by molar-refractivity contribution is 6.35. The van der Waals surface area contributed by atoms with Gasteiger partial charge in [-0.1, -0.05) is 70.2 Å². The second-order valence-corrected chi connectivity index (χ2v) is 9.13. The number of rotatable bonds is 9. The van der Waals surface area contributed by atoms with Gasteiger partial charge in [0.05, 0.1) is 30.0 Å². The van der Waals surface area contributed by atoms with Crippen molar-refractivity contribution in [2.24, 2.45) is 0 Å². The first kappa shape index (κ1) is 23.7. The zero-order valence-electron chi connectivity index (χ0n) is 20.2. The van der Waals surface area contributed by atoms with Gasteiger partial charge in [-0.15, -0.1) is 0 Å². The molecule has 5 nitrogen and oxygen atoms in total. The lowest BCUT2D eigenvalue weighted by atomic mass is 9.92. The van der Waals surface area contributed by atoms with Crippen LogP contribution >= 0.6 is 0 Å². The van der Waals surface area contributed by atoms with Crippen LogP contribution < -0.4 is 9.64 Å². The number of para-hydroxylation sites is 2. The molecule has 0 aliphatic carbocycles. The number of ether oxygens (including phenoxy) is 2. The lowest BCUT2D eigenvalue weighted by Gasteiger charge is -2.25. The summed E-state index contributed by atoms with van der Waals surface area (Å²) in [5, 5.41) is 0. The van der Waals surface area contributed by atoms with Crippen molar-refractivity contribution in [2.75, 3.05) is 18.1 Å². The fraction of sp³-hybridized carbons (Fsp3) is 0.310. The van der Waals surface area contributed by atoms with Crippen LogP contribution in [0.15, 0.2) is 66.7 Å². The molecular weight excluding hydrogens is 426 g/mol. The highest BCUT2D eigenvalue weighted by Gasteiger charge is 2.39. The van der Waals surface area contributed by atoms with E-state index in [0.717, 1.165) is 28.1 Å². The number of hydrogen-bond donors (Lipinski definition) is 0. The van der Waals surface area contributed by atoms with Crippen LogP contribution in [0.25, 0.3) is 0 Å². The summed E-state index contributed by atoms with van der Waals surface area (Å²) in [4.78, 5) is 28.2. The first-order valence-electron chi connectivity index (χ1n) is 11.8. The Morgan fingerprint density at radius 2 is 1.38 bits per heavy atom. The third kappa shape index (κ3) is 4.75. The number of nitrogens with zero attached hydrogens (tertiary/aromatic N) is 1. The van der Waals surface area contributed by atoms with Crippen LogP contribution in [0.5, 0.6) is 5.75 Å². The molecular formula is C29H31NO4. The van der Waals surface area contributed by atoms with E-state index in [1.807, 2.05) is 54.6 Å². The fourth-order valence-electron chi connectivity index (χ4n) is 4.28.